The second-order valence-electron chi connectivity index (χ2n) is 10.9. The lowest BCUT2D eigenvalue weighted by atomic mass is 10.0. The highest BCUT2D eigenvalue weighted by Crippen LogP contribution is 2.37. The lowest BCUT2D eigenvalue weighted by Crippen LogP contribution is -2.56. The lowest BCUT2D eigenvalue weighted by Gasteiger charge is -2.40. The molecule has 19 heteroatoms. The number of likely N-dealkylation sites (N-methyl/N-ethyl adjacent to an activating group) is 1. The number of hydrogen-bond acceptors (Lipinski definition) is 9. The number of carbonyl (C=O) groups excluding carboxylic acids is 2. The van der Waals surface area contributed by atoms with Gasteiger partial charge < -0.3 is 31.1 Å². The molecule has 0 bridgehead atoms. The predicted molar refractivity (Wildman–Crippen MR) is 165 cm³/mol. The number of carbonyl (C=O) groups is 3. The van der Waals surface area contributed by atoms with Crippen LogP contribution in [0.2, 0.25) is 0 Å². The minimum Gasteiger partial charge on any atom is -0.483 e. The van der Waals surface area contributed by atoms with Gasteiger partial charge in [0.2, 0.25) is 5.91 Å². The number of anilines is 2. The zero-order valence-electron chi connectivity index (χ0n) is 26.3. The Labute approximate surface area is 275 Å². The van der Waals surface area contributed by atoms with Crippen LogP contribution in [0.1, 0.15) is 41.4 Å². The van der Waals surface area contributed by atoms with Crippen molar-refractivity contribution in [3.8, 4) is 11.3 Å². The fourth-order valence-corrected chi connectivity index (χ4v) is 5.35. The molecule has 0 spiro atoms. The third kappa shape index (κ3) is 8.47. The molecule has 0 saturated carbocycles. The average molecular weight is 696 g/mol. The lowest BCUT2D eigenvalue weighted by molar-refractivity contribution is -0.159. The molecule has 49 heavy (non-hydrogen) atoms. The summed E-state index contributed by atoms with van der Waals surface area (Å²) in [7, 11) is 1.50. The van der Waals surface area contributed by atoms with E-state index in [2.05, 4.69) is 31.0 Å². The Balaban J connectivity index is 0.00000174. The molecule has 2 amide bonds. The molecule has 1 fully saturated rings. The van der Waals surface area contributed by atoms with E-state index in [1.807, 2.05) is 6.92 Å². The molecule has 4 aromatic rings. The number of aromatic nitrogens is 5. The highest BCUT2D eigenvalue weighted by Gasteiger charge is 2.39. The molecule has 14 nitrogen and oxygen atoms in total. The number of imidazole rings is 1. The van der Waals surface area contributed by atoms with E-state index in [0.717, 1.165) is 6.20 Å². The van der Waals surface area contributed by atoms with Gasteiger partial charge in [-0.05, 0) is 43.3 Å². The first kappa shape index (κ1) is 36.7. The van der Waals surface area contributed by atoms with E-state index in [1.165, 1.54) is 34.9 Å². The molecule has 1 aliphatic rings. The number of amides is 2. The normalized spacial score (nSPS) is 14.2. The van der Waals surface area contributed by atoms with Gasteiger partial charge in [0.25, 0.3) is 18.8 Å². The molecule has 4 heterocycles. The monoisotopic (exact) mass is 695 g/mol. The smallest absolute Gasteiger partial charge is 0.435 e. The Bertz CT molecular complexity index is 1790. The van der Waals surface area contributed by atoms with Crippen LogP contribution in [0.25, 0.3) is 16.9 Å². The summed E-state index contributed by atoms with van der Waals surface area (Å²) in [5, 5.41) is 29.8. The van der Waals surface area contributed by atoms with Crippen LogP contribution in [-0.4, -0.2) is 96.4 Å². The maximum absolute atomic E-state index is 13.8. The Morgan fingerprint density at radius 1 is 1.20 bits per heavy atom. The minimum absolute atomic E-state index is 0.0259. The molecule has 0 unspecified atom stereocenters. The topological polar surface area (TPSA) is 179 Å². The van der Waals surface area contributed by atoms with E-state index < -0.39 is 47.9 Å². The summed E-state index contributed by atoms with van der Waals surface area (Å²) in [6.45, 7) is 1.42. The fourth-order valence-electron chi connectivity index (χ4n) is 5.35. The molecule has 0 aliphatic carbocycles. The zero-order chi connectivity index (χ0) is 35.9. The number of halogens is 5. The van der Waals surface area contributed by atoms with E-state index in [1.54, 1.807) is 18.2 Å². The van der Waals surface area contributed by atoms with Crippen molar-refractivity contribution in [2.75, 3.05) is 32.0 Å². The maximum atomic E-state index is 13.8. The van der Waals surface area contributed by atoms with Crippen molar-refractivity contribution in [2.24, 2.45) is 0 Å². The molecule has 1 aromatic carbocycles. The first-order valence-electron chi connectivity index (χ1n) is 14.9. The van der Waals surface area contributed by atoms with E-state index in [0.29, 0.717) is 53.8 Å². The summed E-state index contributed by atoms with van der Waals surface area (Å²) in [6.07, 6.45) is -1.78. The first-order chi connectivity index (χ1) is 23.2. The average Bonchev–Trinajstić information content (AvgIpc) is 3.68. The maximum Gasteiger partial charge on any atom is 0.435 e. The highest BCUT2D eigenvalue weighted by molar-refractivity contribution is 5.98. The number of hydrogen-bond donors (Lipinski definition) is 5. The predicted octanol–water partition coefficient (Wildman–Crippen LogP) is 3.14. The summed E-state index contributed by atoms with van der Waals surface area (Å²) in [6, 6.07) is 4.87. The van der Waals surface area contributed by atoms with Gasteiger partial charge in [-0.2, -0.15) is 18.3 Å². The van der Waals surface area contributed by atoms with Gasteiger partial charge in [0.15, 0.2) is 17.2 Å². The van der Waals surface area contributed by atoms with Gasteiger partial charge >= 0.3 is 6.18 Å². The second kappa shape index (κ2) is 15.4. The number of benzene rings is 1. The SMILES string of the molecule is CCc1cc(Nc2nccn3c(-c4cn(CC(F)F)nc4C(F)(F)F)cnc23)ccc1C(=O)NCC(=O)N(C)C1(O)CCNCC1.O=CO. The quantitative estimate of drug-likeness (QED) is 0.0941. The minimum atomic E-state index is -4.90. The molecule has 1 aliphatic heterocycles. The Kier molecular flexibility index (Phi) is 11.5. The van der Waals surface area contributed by atoms with Crippen molar-refractivity contribution < 1.29 is 46.5 Å². The van der Waals surface area contributed by atoms with Crippen LogP contribution in [0.5, 0.6) is 0 Å². The number of nitrogens with one attached hydrogen (secondary N) is 3. The Morgan fingerprint density at radius 2 is 1.90 bits per heavy atom. The second-order valence-corrected chi connectivity index (χ2v) is 10.9. The van der Waals surface area contributed by atoms with Crippen molar-refractivity contribution in [1.82, 2.24) is 39.7 Å². The number of carboxylic acid groups (broad SMARTS) is 1. The summed E-state index contributed by atoms with van der Waals surface area (Å²) >= 11 is 0. The van der Waals surface area contributed by atoms with Gasteiger partial charge in [-0.25, -0.2) is 18.7 Å². The first-order valence-corrected chi connectivity index (χ1v) is 14.9. The van der Waals surface area contributed by atoms with Gasteiger partial charge in [-0.1, -0.05) is 6.92 Å². The van der Waals surface area contributed by atoms with Gasteiger partial charge in [0.1, 0.15) is 12.3 Å². The van der Waals surface area contributed by atoms with Crippen LogP contribution in [0.4, 0.5) is 33.5 Å². The molecule has 0 radical (unpaired) electrons. The molecule has 1 saturated heterocycles. The fraction of sp³-hybridized carbons (Fsp3) is 0.400. The number of aliphatic hydroxyl groups is 1. The van der Waals surface area contributed by atoms with Gasteiger partial charge in [-0.15, -0.1) is 0 Å². The number of fused-ring (bicyclic) bond motifs is 1. The summed E-state index contributed by atoms with van der Waals surface area (Å²) in [4.78, 5) is 43.9. The molecular weight excluding hydrogens is 661 g/mol. The van der Waals surface area contributed by atoms with Crippen molar-refractivity contribution in [2.45, 2.75) is 51.1 Å². The largest absolute Gasteiger partial charge is 0.483 e. The van der Waals surface area contributed by atoms with Crippen molar-refractivity contribution in [3.63, 3.8) is 0 Å². The number of piperidine rings is 1. The van der Waals surface area contributed by atoms with E-state index in [-0.39, 0.29) is 30.2 Å². The number of alkyl halides is 5. The van der Waals surface area contributed by atoms with Crippen molar-refractivity contribution in [3.05, 3.63) is 59.8 Å². The van der Waals surface area contributed by atoms with Crippen molar-refractivity contribution >= 4 is 35.4 Å². The third-order valence-corrected chi connectivity index (χ3v) is 7.86. The molecule has 5 N–H and O–H groups in total. The molecule has 264 valence electrons. The highest BCUT2D eigenvalue weighted by atomic mass is 19.4. The zero-order valence-corrected chi connectivity index (χ0v) is 26.3. The van der Waals surface area contributed by atoms with Crippen LogP contribution in [0.3, 0.4) is 0 Å². The van der Waals surface area contributed by atoms with Crippen LogP contribution in [0.15, 0.2) is 43.0 Å². The number of nitrogens with zero attached hydrogens (tertiary/aromatic N) is 6. The van der Waals surface area contributed by atoms with Crippen LogP contribution >= 0.6 is 0 Å². The van der Waals surface area contributed by atoms with Crippen LogP contribution in [0, 0.1) is 0 Å². The van der Waals surface area contributed by atoms with Crippen LogP contribution < -0.4 is 16.0 Å². The standard InChI is InChI=1S/C29H32F5N9O3.CH2O2/c1-3-17-12-18(4-5-19(17)27(45)38-14-23(44)41(2)28(46)6-8-35-9-7-28)39-25-26-37-13-21(43(26)11-10-36-25)20-15-42(16-22(30)31)40-24(20)29(32,33)34;2-1-3/h4-5,10-13,15,22,35,46H,3,6-9,14,16H2,1-2H3,(H,36,39)(H,38,45);1H,(H,2,3). The van der Waals surface area contributed by atoms with Crippen LogP contribution in [-0.2, 0) is 28.7 Å². The molecule has 5 rings (SSSR count). The van der Waals surface area contributed by atoms with E-state index in [4.69, 9.17) is 9.90 Å². The Hall–Kier alpha value is -5.17. The third-order valence-electron chi connectivity index (χ3n) is 7.86. The van der Waals surface area contributed by atoms with Crippen molar-refractivity contribution in [1.29, 1.82) is 0 Å². The number of aryl methyl sites for hydroxylation is 1. The Morgan fingerprint density at radius 3 is 2.53 bits per heavy atom. The molecule has 3 aromatic heterocycles. The summed E-state index contributed by atoms with van der Waals surface area (Å²) < 4.78 is 68.9. The number of rotatable bonds is 10. The van der Waals surface area contributed by atoms with E-state index in [9.17, 15) is 36.6 Å². The molecular formula is C30H34F5N9O5. The van der Waals surface area contributed by atoms with E-state index >= 15 is 0 Å². The van der Waals surface area contributed by atoms with Gasteiger partial charge in [-0.3, -0.25) is 23.5 Å². The summed E-state index contributed by atoms with van der Waals surface area (Å²) in [5.41, 5.74) is -1.42. The van der Waals surface area contributed by atoms with Gasteiger partial charge in [0, 0.05) is 49.7 Å². The molecule has 0 atom stereocenters. The summed E-state index contributed by atoms with van der Waals surface area (Å²) in [5.74, 6) is -0.726. The van der Waals surface area contributed by atoms with Gasteiger partial charge in [0.05, 0.1) is 24.0 Å².